The second-order valence-corrected chi connectivity index (χ2v) is 7.62. The molecule has 140 valence electrons. The van der Waals surface area contributed by atoms with E-state index in [9.17, 15) is 19.5 Å². The van der Waals surface area contributed by atoms with Gasteiger partial charge in [0, 0.05) is 11.6 Å². The molecule has 2 aromatic heterocycles. The molecule has 0 saturated carbocycles. The van der Waals surface area contributed by atoms with Crippen LogP contribution in [0.4, 0.5) is 5.69 Å². The van der Waals surface area contributed by atoms with Crippen LogP contribution in [-0.4, -0.2) is 36.7 Å². The van der Waals surface area contributed by atoms with Crippen LogP contribution in [0.2, 0.25) is 0 Å². The fourth-order valence-electron chi connectivity index (χ4n) is 2.19. The maximum atomic E-state index is 12.5. The van der Waals surface area contributed by atoms with Crippen molar-refractivity contribution < 1.29 is 14.7 Å². The quantitative estimate of drug-likeness (QED) is 0.759. The van der Waals surface area contributed by atoms with Gasteiger partial charge in [-0.15, -0.1) is 0 Å². The Morgan fingerprint density at radius 2 is 1.85 bits per heavy atom. The van der Waals surface area contributed by atoms with Crippen LogP contribution < -0.4 is 10.9 Å². The molecular weight excluding hydrogens is 338 g/mol. The fraction of sp³-hybridized carbons (Fsp3) is 0.471. The van der Waals surface area contributed by atoms with E-state index in [1.807, 2.05) is 20.8 Å². The minimum Gasteiger partial charge on any atom is -0.479 e. The molecule has 0 atom stereocenters. The van der Waals surface area contributed by atoms with Crippen LogP contribution in [0.1, 0.15) is 56.5 Å². The highest BCUT2D eigenvalue weighted by Crippen LogP contribution is 2.19. The van der Waals surface area contributed by atoms with Gasteiger partial charge in [-0.3, -0.25) is 14.3 Å². The third-order valence-corrected chi connectivity index (χ3v) is 3.97. The second-order valence-electron chi connectivity index (χ2n) is 7.62. The molecule has 0 spiro atoms. The number of carbonyl (C=O) groups is 2. The van der Waals surface area contributed by atoms with Gasteiger partial charge in [0.15, 0.2) is 5.54 Å². The summed E-state index contributed by atoms with van der Waals surface area (Å²) < 4.78 is 1.23. The smallest absolute Gasteiger partial charge is 0.331 e. The number of aliphatic carboxylic acids is 1. The van der Waals surface area contributed by atoms with Crippen LogP contribution in [0.15, 0.2) is 17.2 Å². The predicted molar refractivity (Wildman–Crippen MR) is 95.4 cm³/mol. The lowest BCUT2D eigenvalue weighted by atomic mass is 9.95. The van der Waals surface area contributed by atoms with Gasteiger partial charge in [-0.1, -0.05) is 20.8 Å². The van der Waals surface area contributed by atoms with Crippen LogP contribution in [0.25, 0.3) is 0 Å². The van der Waals surface area contributed by atoms with E-state index in [0.717, 1.165) is 0 Å². The molecule has 3 N–H and O–H groups in total. The molecule has 2 rings (SSSR count). The third-order valence-electron chi connectivity index (χ3n) is 3.97. The molecule has 0 radical (unpaired) electrons. The van der Waals surface area contributed by atoms with Gasteiger partial charge in [0.1, 0.15) is 11.4 Å². The Labute approximate surface area is 150 Å². The summed E-state index contributed by atoms with van der Waals surface area (Å²) in [6.07, 6.45) is 2.72. The molecule has 0 bridgehead atoms. The number of amides is 1. The number of H-pyrrole nitrogens is 1. The Balaban J connectivity index is 2.31. The normalized spacial score (nSPS) is 12.1. The highest BCUT2D eigenvalue weighted by atomic mass is 16.4. The Morgan fingerprint density at radius 3 is 2.35 bits per heavy atom. The van der Waals surface area contributed by atoms with Gasteiger partial charge in [-0.05, 0) is 20.8 Å². The summed E-state index contributed by atoms with van der Waals surface area (Å²) in [4.78, 5) is 43.1. The molecule has 0 aliphatic rings. The van der Waals surface area contributed by atoms with Crippen molar-refractivity contribution >= 4 is 17.6 Å². The highest BCUT2D eigenvalue weighted by Gasteiger charge is 2.30. The van der Waals surface area contributed by atoms with Gasteiger partial charge in [-0.25, -0.2) is 9.78 Å². The lowest BCUT2D eigenvalue weighted by Crippen LogP contribution is -2.36. The van der Waals surface area contributed by atoms with Crippen molar-refractivity contribution in [3.05, 3.63) is 39.8 Å². The number of hydrogen-bond donors (Lipinski definition) is 3. The summed E-state index contributed by atoms with van der Waals surface area (Å²) in [7, 11) is 0. The fourth-order valence-corrected chi connectivity index (χ4v) is 2.19. The Morgan fingerprint density at radius 1 is 1.23 bits per heavy atom. The average molecular weight is 361 g/mol. The van der Waals surface area contributed by atoms with Crippen LogP contribution in [0.5, 0.6) is 0 Å². The van der Waals surface area contributed by atoms with Gasteiger partial charge in [0.2, 0.25) is 0 Å². The van der Waals surface area contributed by atoms with E-state index in [1.54, 1.807) is 6.92 Å². The summed E-state index contributed by atoms with van der Waals surface area (Å²) in [5.74, 6) is -1.20. The first kappa shape index (κ1) is 19.4. The Bertz CT molecular complexity index is 918. The van der Waals surface area contributed by atoms with Crippen molar-refractivity contribution in [3.63, 3.8) is 0 Å². The topological polar surface area (TPSA) is 130 Å². The molecule has 2 heterocycles. The number of carboxylic acids is 1. The van der Waals surface area contributed by atoms with Crippen molar-refractivity contribution in [2.75, 3.05) is 5.32 Å². The zero-order chi connectivity index (χ0) is 19.9. The zero-order valence-corrected chi connectivity index (χ0v) is 15.7. The number of rotatable bonds is 4. The van der Waals surface area contributed by atoms with Gasteiger partial charge in [-0.2, -0.15) is 5.10 Å². The van der Waals surface area contributed by atoms with Gasteiger partial charge < -0.3 is 15.4 Å². The number of aromatic amines is 1. The molecule has 0 aliphatic carbocycles. The van der Waals surface area contributed by atoms with E-state index < -0.39 is 23.0 Å². The first-order chi connectivity index (χ1) is 11.8. The van der Waals surface area contributed by atoms with E-state index in [4.69, 9.17) is 0 Å². The van der Waals surface area contributed by atoms with Gasteiger partial charge in [0.25, 0.3) is 11.5 Å². The van der Waals surface area contributed by atoms with E-state index in [-0.39, 0.29) is 16.7 Å². The lowest BCUT2D eigenvalue weighted by Gasteiger charge is -2.19. The van der Waals surface area contributed by atoms with Crippen molar-refractivity contribution in [1.82, 2.24) is 19.7 Å². The number of hydrogen-bond acceptors (Lipinski definition) is 5. The summed E-state index contributed by atoms with van der Waals surface area (Å²) in [5, 5.41) is 15.7. The summed E-state index contributed by atoms with van der Waals surface area (Å²) in [5.41, 5.74) is -1.66. The number of carboxylic acid groups (broad SMARTS) is 1. The molecule has 1 amide bonds. The maximum absolute atomic E-state index is 12.5. The maximum Gasteiger partial charge on any atom is 0.331 e. The van der Waals surface area contributed by atoms with E-state index in [1.165, 1.54) is 30.9 Å². The van der Waals surface area contributed by atoms with Gasteiger partial charge >= 0.3 is 5.97 Å². The number of anilines is 1. The SMILES string of the molecule is Cc1nc(C(C)(C)C)[nH]c(=O)c1C(=O)Nc1cnn(C(C)(C)C(=O)O)c1. The molecule has 0 saturated heterocycles. The van der Waals surface area contributed by atoms with E-state index in [0.29, 0.717) is 11.5 Å². The summed E-state index contributed by atoms with van der Waals surface area (Å²) in [6.45, 7) is 10.3. The summed E-state index contributed by atoms with van der Waals surface area (Å²) in [6, 6.07) is 0. The molecule has 0 aliphatic heterocycles. The Kier molecular flexibility index (Phi) is 4.76. The number of nitrogens with zero attached hydrogens (tertiary/aromatic N) is 3. The zero-order valence-electron chi connectivity index (χ0n) is 15.7. The third kappa shape index (κ3) is 3.66. The molecule has 0 unspecified atom stereocenters. The van der Waals surface area contributed by atoms with Crippen LogP contribution in [-0.2, 0) is 15.7 Å². The van der Waals surface area contributed by atoms with Crippen molar-refractivity contribution in [3.8, 4) is 0 Å². The largest absolute Gasteiger partial charge is 0.479 e. The highest BCUT2D eigenvalue weighted by molar-refractivity contribution is 6.04. The standard InChI is InChI=1S/C17H23N5O4/c1-9-11(13(24)21-14(19-9)16(2,3)4)12(23)20-10-7-18-22(8-10)17(5,6)15(25)26/h7-8H,1-6H3,(H,20,23)(H,25,26)(H,19,21,24). The number of aryl methyl sites for hydroxylation is 1. The lowest BCUT2D eigenvalue weighted by molar-refractivity contribution is -0.146. The molecule has 0 aromatic carbocycles. The second kappa shape index (κ2) is 6.40. The van der Waals surface area contributed by atoms with Crippen LogP contribution in [0.3, 0.4) is 0 Å². The molecule has 9 nitrogen and oxygen atoms in total. The average Bonchev–Trinajstić information content (AvgIpc) is 2.94. The first-order valence-electron chi connectivity index (χ1n) is 8.05. The Hall–Kier alpha value is -2.97. The van der Waals surface area contributed by atoms with Crippen LogP contribution in [0, 0.1) is 6.92 Å². The van der Waals surface area contributed by atoms with Crippen molar-refractivity contribution in [2.24, 2.45) is 0 Å². The molecule has 26 heavy (non-hydrogen) atoms. The molecule has 2 aromatic rings. The van der Waals surface area contributed by atoms with E-state index in [2.05, 4.69) is 20.4 Å². The van der Waals surface area contributed by atoms with Gasteiger partial charge in [0.05, 0.1) is 17.6 Å². The molecule has 9 heteroatoms. The minimum atomic E-state index is -1.27. The number of nitrogens with one attached hydrogen (secondary N) is 2. The minimum absolute atomic E-state index is 0.0942. The van der Waals surface area contributed by atoms with Crippen molar-refractivity contribution in [2.45, 2.75) is 52.5 Å². The van der Waals surface area contributed by atoms with Crippen molar-refractivity contribution in [1.29, 1.82) is 0 Å². The number of carbonyl (C=O) groups excluding carboxylic acids is 1. The first-order valence-corrected chi connectivity index (χ1v) is 8.05. The van der Waals surface area contributed by atoms with E-state index >= 15 is 0 Å². The monoisotopic (exact) mass is 361 g/mol. The predicted octanol–water partition coefficient (Wildman–Crippen LogP) is 1.64. The summed E-state index contributed by atoms with van der Waals surface area (Å²) >= 11 is 0. The molecule has 0 fully saturated rings. The van der Waals surface area contributed by atoms with Crippen LogP contribution >= 0.6 is 0 Å². The number of aromatic nitrogens is 4. The molecular formula is C17H23N5O4.